The van der Waals surface area contributed by atoms with E-state index in [0.717, 1.165) is 5.56 Å². The fourth-order valence-corrected chi connectivity index (χ4v) is 4.01. The number of benzene rings is 3. The molecule has 0 fully saturated rings. The van der Waals surface area contributed by atoms with E-state index < -0.39 is 10.0 Å². The van der Waals surface area contributed by atoms with Crippen LogP contribution in [0.25, 0.3) is 6.08 Å². The molecule has 0 amide bonds. The van der Waals surface area contributed by atoms with Gasteiger partial charge in [-0.2, -0.15) is 0 Å². The molecule has 0 saturated carbocycles. The Balaban J connectivity index is 1.97. The minimum absolute atomic E-state index is 0.199. The molecule has 0 heterocycles. The first-order valence-electron chi connectivity index (χ1n) is 8.30. The molecule has 6 heteroatoms. The summed E-state index contributed by atoms with van der Waals surface area (Å²) in [5.74, 6) is 0. The highest BCUT2D eigenvalue weighted by atomic mass is 35.5. The standard InChI is InChI=1S/C21H17BClNO2S/c22-19-9-4-8-17(14-19)12-13-27(25,26)24(16-18-6-2-1-3-7-18)21-11-5-10-20(23)15-21/h1-15H,16H2/b13-12+. The van der Waals surface area contributed by atoms with E-state index in [-0.39, 0.29) is 6.54 Å². The average Bonchev–Trinajstić information content (AvgIpc) is 2.65. The first-order valence-corrected chi connectivity index (χ1v) is 10.2. The fourth-order valence-electron chi connectivity index (χ4n) is 2.61. The SMILES string of the molecule is [B]c1cccc(/C=C/S(=O)(=O)N(Cc2ccccc2)c2cccc(Cl)c2)c1. The zero-order chi connectivity index (χ0) is 19.3. The van der Waals surface area contributed by atoms with Crippen molar-refractivity contribution in [1.82, 2.24) is 0 Å². The van der Waals surface area contributed by atoms with Gasteiger partial charge in [-0.05, 0) is 35.4 Å². The van der Waals surface area contributed by atoms with E-state index in [4.69, 9.17) is 19.4 Å². The molecule has 3 rings (SSSR count). The molecule has 0 aliphatic heterocycles. The normalized spacial score (nSPS) is 11.6. The third kappa shape index (κ3) is 5.25. The topological polar surface area (TPSA) is 37.4 Å². The average molecular weight is 394 g/mol. The molecule has 0 spiro atoms. The highest BCUT2D eigenvalue weighted by molar-refractivity contribution is 7.95. The van der Waals surface area contributed by atoms with Gasteiger partial charge in [0.1, 0.15) is 7.85 Å². The van der Waals surface area contributed by atoms with Crippen molar-refractivity contribution >= 4 is 46.7 Å². The summed E-state index contributed by atoms with van der Waals surface area (Å²) in [6.07, 6.45) is 1.54. The minimum atomic E-state index is -3.75. The zero-order valence-electron chi connectivity index (χ0n) is 14.5. The number of sulfonamides is 1. The van der Waals surface area contributed by atoms with Crippen LogP contribution in [-0.2, 0) is 16.6 Å². The summed E-state index contributed by atoms with van der Waals surface area (Å²) in [7, 11) is 2.01. The Labute approximate surface area is 166 Å². The number of hydrogen-bond acceptors (Lipinski definition) is 2. The van der Waals surface area contributed by atoms with E-state index in [1.165, 1.54) is 15.8 Å². The number of hydrogen-bond donors (Lipinski definition) is 0. The van der Waals surface area contributed by atoms with E-state index in [1.807, 2.05) is 30.3 Å². The number of rotatable bonds is 6. The van der Waals surface area contributed by atoms with Crippen LogP contribution >= 0.6 is 11.6 Å². The lowest BCUT2D eigenvalue weighted by atomic mass is 9.95. The molecule has 0 aliphatic carbocycles. The highest BCUT2D eigenvalue weighted by Gasteiger charge is 2.20. The lowest BCUT2D eigenvalue weighted by Crippen LogP contribution is -2.28. The minimum Gasteiger partial charge on any atom is -0.262 e. The molecule has 0 bridgehead atoms. The summed E-state index contributed by atoms with van der Waals surface area (Å²) < 4.78 is 27.5. The number of anilines is 1. The van der Waals surface area contributed by atoms with Crippen LogP contribution in [0.4, 0.5) is 5.69 Å². The monoisotopic (exact) mass is 393 g/mol. The Morgan fingerprint density at radius 3 is 2.37 bits per heavy atom. The second-order valence-corrected chi connectivity index (χ2v) is 8.17. The first-order chi connectivity index (χ1) is 12.9. The summed E-state index contributed by atoms with van der Waals surface area (Å²) in [6.45, 7) is 0.199. The maximum absolute atomic E-state index is 13.1. The van der Waals surface area contributed by atoms with Crippen LogP contribution in [-0.4, -0.2) is 16.3 Å². The van der Waals surface area contributed by atoms with E-state index in [1.54, 1.807) is 48.5 Å². The molecule has 27 heavy (non-hydrogen) atoms. The van der Waals surface area contributed by atoms with Gasteiger partial charge in [0.25, 0.3) is 10.0 Å². The summed E-state index contributed by atoms with van der Waals surface area (Å²) in [5.41, 5.74) is 2.66. The molecule has 0 saturated heterocycles. The van der Waals surface area contributed by atoms with Gasteiger partial charge in [0, 0.05) is 5.02 Å². The molecular formula is C21H17BClNO2S. The lowest BCUT2D eigenvalue weighted by Gasteiger charge is -2.23. The second-order valence-electron chi connectivity index (χ2n) is 5.99. The van der Waals surface area contributed by atoms with Gasteiger partial charge in [-0.25, -0.2) is 8.42 Å². The van der Waals surface area contributed by atoms with Crippen LogP contribution in [0.3, 0.4) is 0 Å². The zero-order valence-corrected chi connectivity index (χ0v) is 16.1. The molecule has 3 aromatic carbocycles. The Morgan fingerprint density at radius 2 is 1.67 bits per heavy atom. The lowest BCUT2D eigenvalue weighted by molar-refractivity contribution is 0.599. The summed E-state index contributed by atoms with van der Waals surface area (Å²) in [5, 5.41) is 1.66. The van der Waals surface area contributed by atoms with Gasteiger partial charge in [0.15, 0.2) is 0 Å². The molecular weight excluding hydrogens is 377 g/mol. The largest absolute Gasteiger partial charge is 0.262 e. The van der Waals surface area contributed by atoms with Gasteiger partial charge < -0.3 is 0 Å². The van der Waals surface area contributed by atoms with Crippen LogP contribution < -0.4 is 9.77 Å². The maximum Gasteiger partial charge on any atom is 0.257 e. The summed E-state index contributed by atoms with van der Waals surface area (Å²) >= 11 is 6.08. The van der Waals surface area contributed by atoms with Gasteiger partial charge in [0.05, 0.1) is 17.6 Å². The van der Waals surface area contributed by atoms with Crippen LogP contribution in [0.1, 0.15) is 11.1 Å². The molecule has 3 nitrogen and oxygen atoms in total. The van der Waals surface area contributed by atoms with Crippen LogP contribution in [0, 0.1) is 0 Å². The van der Waals surface area contributed by atoms with Crippen molar-refractivity contribution in [2.45, 2.75) is 6.54 Å². The maximum atomic E-state index is 13.1. The van der Waals surface area contributed by atoms with Gasteiger partial charge in [-0.15, -0.1) is 0 Å². The van der Waals surface area contributed by atoms with Gasteiger partial charge in [-0.3, -0.25) is 4.31 Å². The Hall–Kier alpha value is -2.50. The number of nitrogens with zero attached hydrogens (tertiary/aromatic N) is 1. The van der Waals surface area contributed by atoms with Crippen LogP contribution in [0.2, 0.25) is 5.02 Å². The molecule has 0 aliphatic rings. The summed E-state index contributed by atoms with van der Waals surface area (Å²) in [4.78, 5) is 0. The highest BCUT2D eigenvalue weighted by Crippen LogP contribution is 2.25. The Kier molecular flexibility index (Phi) is 6.04. The van der Waals surface area contributed by atoms with Crippen molar-refractivity contribution in [3.63, 3.8) is 0 Å². The molecule has 0 atom stereocenters. The smallest absolute Gasteiger partial charge is 0.257 e. The van der Waals surface area contributed by atoms with Crippen molar-refractivity contribution in [2.24, 2.45) is 0 Å². The van der Waals surface area contributed by atoms with Gasteiger partial charge in [-0.1, -0.05) is 77.7 Å². The predicted molar refractivity (Wildman–Crippen MR) is 114 cm³/mol. The van der Waals surface area contributed by atoms with Crippen LogP contribution in [0.15, 0.2) is 84.3 Å². The molecule has 0 aromatic heterocycles. The van der Waals surface area contributed by atoms with Crippen molar-refractivity contribution in [3.05, 3.63) is 100 Å². The van der Waals surface area contributed by atoms with Gasteiger partial charge >= 0.3 is 0 Å². The van der Waals surface area contributed by atoms with E-state index in [0.29, 0.717) is 21.7 Å². The molecule has 3 aromatic rings. The van der Waals surface area contributed by atoms with Crippen LogP contribution in [0.5, 0.6) is 0 Å². The quantitative estimate of drug-likeness (QED) is 0.590. The van der Waals surface area contributed by atoms with Crippen molar-refractivity contribution in [3.8, 4) is 0 Å². The first kappa shape index (κ1) is 19.3. The molecule has 0 N–H and O–H groups in total. The van der Waals surface area contributed by atoms with Crippen molar-refractivity contribution < 1.29 is 8.42 Å². The predicted octanol–water partition coefficient (Wildman–Crippen LogP) is 4.14. The molecule has 134 valence electrons. The summed E-state index contributed by atoms with van der Waals surface area (Å²) in [6, 6.07) is 23.2. The van der Waals surface area contributed by atoms with E-state index >= 15 is 0 Å². The third-order valence-corrected chi connectivity index (χ3v) is 5.58. The van der Waals surface area contributed by atoms with E-state index in [2.05, 4.69) is 0 Å². The van der Waals surface area contributed by atoms with Crippen molar-refractivity contribution in [2.75, 3.05) is 4.31 Å². The van der Waals surface area contributed by atoms with Gasteiger partial charge in [0.2, 0.25) is 0 Å². The third-order valence-electron chi connectivity index (χ3n) is 3.92. The second kappa shape index (κ2) is 8.46. The number of halogens is 1. The fraction of sp³-hybridized carbons (Fsp3) is 0.0476. The Morgan fingerprint density at radius 1 is 0.926 bits per heavy atom. The molecule has 0 unspecified atom stereocenters. The van der Waals surface area contributed by atoms with E-state index in [9.17, 15) is 8.42 Å². The Bertz CT molecular complexity index is 1050. The van der Waals surface area contributed by atoms with Crippen molar-refractivity contribution in [1.29, 1.82) is 0 Å². The molecule has 2 radical (unpaired) electrons.